The van der Waals surface area contributed by atoms with Crippen molar-refractivity contribution in [3.05, 3.63) is 0 Å². The summed E-state index contributed by atoms with van der Waals surface area (Å²) in [6.07, 6.45) is 4.97. The van der Waals surface area contributed by atoms with E-state index >= 15 is 0 Å². The van der Waals surface area contributed by atoms with Gasteiger partial charge in [0.1, 0.15) is 6.04 Å². The maximum Gasteiger partial charge on any atom is 0.326 e. The van der Waals surface area contributed by atoms with E-state index in [0.29, 0.717) is 0 Å². The molecule has 0 saturated heterocycles. The zero-order valence-corrected chi connectivity index (χ0v) is 7.07. The van der Waals surface area contributed by atoms with Crippen molar-refractivity contribution in [2.24, 2.45) is 0 Å². The van der Waals surface area contributed by atoms with E-state index in [4.69, 9.17) is 11.5 Å². The number of nitrogens with zero attached hydrogens (tertiary/aromatic N) is 1. The molecule has 0 rings (SSSR count). The van der Waals surface area contributed by atoms with Gasteiger partial charge in [0.25, 0.3) is 0 Å². The number of rotatable bonds is 3. The van der Waals surface area contributed by atoms with Gasteiger partial charge < -0.3 is 10.0 Å². The molecule has 66 valence electrons. The summed E-state index contributed by atoms with van der Waals surface area (Å²) in [6, 6.07) is -0.862. The Morgan fingerprint density at radius 3 is 2.42 bits per heavy atom. The van der Waals surface area contributed by atoms with Crippen molar-refractivity contribution in [2.45, 2.75) is 19.9 Å². The van der Waals surface area contributed by atoms with Crippen molar-refractivity contribution in [3.63, 3.8) is 0 Å². The third kappa shape index (κ3) is 2.62. The third-order valence-corrected chi connectivity index (χ3v) is 1.49. The second kappa shape index (κ2) is 4.39. The average Bonchev–Trinajstić information content (AvgIpc) is 1.98. The molecule has 0 bridgehead atoms. The summed E-state index contributed by atoms with van der Waals surface area (Å²) in [4.78, 5) is 22.4. The number of carbonyl (C=O) groups excluding carboxylic acids is 1. The largest absolute Gasteiger partial charge is 0.480 e. The normalized spacial score (nSPS) is 11.4. The van der Waals surface area contributed by atoms with E-state index in [1.807, 2.05) is 0 Å². The molecule has 12 heavy (non-hydrogen) atoms. The van der Waals surface area contributed by atoms with Crippen LogP contribution in [0.25, 0.3) is 0 Å². The number of carboxylic acid groups (broad SMARTS) is 1. The van der Waals surface area contributed by atoms with Crippen molar-refractivity contribution >= 4 is 11.9 Å². The Morgan fingerprint density at radius 2 is 2.17 bits per heavy atom. The summed E-state index contributed by atoms with van der Waals surface area (Å²) in [5, 5.41) is 8.57. The highest BCUT2D eigenvalue weighted by atomic mass is 16.4. The number of carboxylic acids is 1. The van der Waals surface area contributed by atoms with Crippen LogP contribution in [-0.4, -0.2) is 34.5 Å². The number of amides is 1. The first-order valence-corrected chi connectivity index (χ1v) is 3.44. The summed E-state index contributed by atoms with van der Waals surface area (Å²) in [5.41, 5.74) is 0. The Kier molecular flexibility index (Phi) is 3.84. The van der Waals surface area contributed by atoms with Crippen LogP contribution in [0, 0.1) is 12.3 Å². The fraction of sp³-hybridized carbons (Fsp3) is 0.500. The summed E-state index contributed by atoms with van der Waals surface area (Å²) in [7, 11) is 0. The van der Waals surface area contributed by atoms with Gasteiger partial charge in [0.2, 0.25) is 5.91 Å². The minimum Gasteiger partial charge on any atom is -0.480 e. The fourth-order valence-electron chi connectivity index (χ4n) is 0.753. The van der Waals surface area contributed by atoms with Crippen molar-refractivity contribution in [2.75, 3.05) is 6.54 Å². The van der Waals surface area contributed by atoms with Crippen LogP contribution < -0.4 is 0 Å². The Bertz CT molecular complexity index is 229. The van der Waals surface area contributed by atoms with Gasteiger partial charge in [-0.2, -0.15) is 0 Å². The van der Waals surface area contributed by atoms with Crippen LogP contribution in [0.15, 0.2) is 0 Å². The van der Waals surface area contributed by atoms with E-state index < -0.39 is 12.0 Å². The first-order valence-electron chi connectivity index (χ1n) is 3.44. The lowest BCUT2D eigenvalue weighted by Gasteiger charge is -2.22. The smallest absolute Gasteiger partial charge is 0.326 e. The summed E-state index contributed by atoms with van der Waals surface area (Å²) >= 11 is 0. The predicted octanol–water partition coefficient (Wildman–Crippen LogP) is -0.0588. The molecule has 0 spiro atoms. The van der Waals surface area contributed by atoms with E-state index in [1.165, 1.54) is 13.8 Å². The van der Waals surface area contributed by atoms with Crippen LogP contribution in [0.3, 0.4) is 0 Å². The number of carbonyl (C=O) groups is 2. The highest BCUT2D eigenvalue weighted by Gasteiger charge is 2.21. The van der Waals surface area contributed by atoms with Crippen LogP contribution in [0.2, 0.25) is 0 Å². The lowest BCUT2D eigenvalue weighted by molar-refractivity contribution is -0.148. The quantitative estimate of drug-likeness (QED) is 0.602. The minimum atomic E-state index is -1.06. The molecule has 0 fully saturated rings. The van der Waals surface area contributed by atoms with E-state index in [9.17, 15) is 9.59 Å². The minimum absolute atomic E-state index is 0.0306. The fourth-order valence-corrected chi connectivity index (χ4v) is 0.753. The Balaban J connectivity index is 4.42. The molecular weight excluding hydrogens is 158 g/mol. The third-order valence-electron chi connectivity index (χ3n) is 1.49. The number of aliphatic carboxylic acids is 1. The predicted molar refractivity (Wildman–Crippen MR) is 43.3 cm³/mol. The molecule has 0 aliphatic rings. The SMILES string of the molecule is C#CCN(C(C)=O)C(C)C(=O)O. The number of terminal acetylenes is 1. The Hall–Kier alpha value is -1.50. The van der Waals surface area contributed by atoms with Gasteiger partial charge in [-0.05, 0) is 6.92 Å². The number of hydrogen-bond acceptors (Lipinski definition) is 2. The molecule has 1 amide bonds. The van der Waals surface area contributed by atoms with Crippen molar-refractivity contribution < 1.29 is 14.7 Å². The standard InChI is InChI=1S/C8H11NO3/c1-4-5-9(7(3)10)6(2)8(11)12/h1,6H,5H2,2-3H3,(H,11,12). The summed E-state index contributed by atoms with van der Waals surface area (Å²) < 4.78 is 0. The van der Waals surface area contributed by atoms with Crippen LogP contribution in [-0.2, 0) is 9.59 Å². The van der Waals surface area contributed by atoms with Crippen LogP contribution >= 0.6 is 0 Å². The van der Waals surface area contributed by atoms with Gasteiger partial charge in [0.15, 0.2) is 0 Å². The zero-order valence-electron chi connectivity index (χ0n) is 7.07. The molecule has 4 nitrogen and oxygen atoms in total. The highest BCUT2D eigenvalue weighted by Crippen LogP contribution is 1.98. The molecule has 0 aromatic carbocycles. The summed E-state index contributed by atoms with van der Waals surface area (Å²) in [5.74, 6) is 0.841. The molecule has 0 aromatic rings. The van der Waals surface area contributed by atoms with Crippen LogP contribution in [0.4, 0.5) is 0 Å². The molecule has 0 saturated carbocycles. The van der Waals surface area contributed by atoms with Gasteiger partial charge >= 0.3 is 5.97 Å². The van der Waals surface area contributed by atoms with Gasteiger partial charge in [0, 0.05) is 6.92 Å². The van der Waals surface area contributed by atoms with Crippen LogP contribution in [0.1, 0.15) is 13.8 Å². The number of hydrogen-bond donors (Lipinski definition) is 1. The van der Waals surface area contributed by atoms with Gasteiger partial charge in [0.05, 0.1) is 6.54 Å². The Labute approximate surface area is 71.2 Å². The van der Waals surface area contributed by atoms with E-state index in [1.54, 1.807) is 0 Å². The molecule has 0 aliphatic carbocycles. The maximum atomic E-state index is 10.8. The maximum absolute atomic E-state index is 10.8. The van der Waals surface area contributed by atoms with Crippen LogP contribution in [0.5, 0.6) is 0 Å². The molecule has 1 atom stereocenters. The first-order chi connectivity index (χ1) is 5.50. The molecule has 0 aliphatic heterocycles. The van der Waals surface area contributed by atoms with Gasteiger partial charge in [-0.25, -0.2) is 4.79 Å². The molecule has 4 heteroatoms. The van der Waals surface area contributed by atoms with Crippen molar-refractivity contribution in [3.8, 4) is 12.3 Å². The first kappa shape index (κ1) is 10.5. The van der Waals surface area contributed by atoms with Gasteiger partial charge in [-0.3, -0.25) is 4.79 Å². The molecule has 0 aromatic heterocycles. The molecule has 1 N–H and O–H groups in total. The summed E-state index contributed by atoms with van der Waals surface area (Å²) in [6.45, 7) is 2.74. The second-order valence-corrected chi connectivity index (χ2v) is 2.37. The van der Waals surface area contributed by atoms with Gasteiger partial charge in [-0.1, -0.05) is 5.92 Å². The topological polar surface area (TPSA) is 57.6 Å². The van der Waals surface area contributed by atoms with E-state index in [2.05, 4.69) is 5.92 Å². The van der Waals surface area contributed by atoms with E-state index in [-0.39, 0.29) is 12.5 Å². The Morgan fingerprint density at radius 1 is 1.67 bits per heavy atom. The molecule has 0 radical (unpaired) electrons. The molecular formula is C8H11NO3. The monoisotopic (exact) mass is 169 g/mol. The van der Waals surface area contributed by atoms with Crippen molar-refractivity contribution in [1.82, 2.24) is 4.90 Å². The van der Waals surface area contributed by atoms with E-state index in [0.717, 1.165) is 4.90 Å². The van der Waals surface area contributed by atoms with Gasteiger partial charge in [-0.15, -0.1) is 6.42 Å². The lowest BCUT2D eigenvalue weighted by atomic mass is 10.3. The van der Waals surface area contributed by atoms with Crippen molar-refractivity contribution in [1.29, 1.82) is 0 Å². The zero-order chi connectivity index (χ0) is 9.72. The lowest BCUT2D eigenvalue weighted by Crippen LogP contribution is -2.42. The second-order valence-electron chi connectivity index (χ2n) is 2.37. The highest BCUT2D eigenvalue weighted by molar-refractivity contribution is 5.82. The average molecular weight is 169 g/mol. The molecule has 0 heterocycles. The molecule has 1 unspecified atom stereocenters.